The van der Waals surface area contributed by atoms with E-state index in [4.69, 9.17) is 0 Å². The second kappa shape index (κ2) is 9.33. The number of nitrogens with one attached hydrogen (secondary N) is 1. The van der Waals surface area contributed by atoms with Crippen LogP contribution in [0, 0.1) is 17.0 Å². The number of hydrogen-bond donors (Lipinski definition) is 1. The quantitative estimate of drug-likeness (QED) is 0.401. The molecule has 9 nitrogen and oxygen atoms in total. The van der Waals surface area contributed by atoms with E-state index < -0.39 is 49.2 Å². The number of aromatic nitrogens is 1. The molecule has 3 aromatic rings. The maximum Gasteiger partial charge on any atom is 0.416 e. The minimum absolute atomic E-state index is 0.0608. The van der Waals surface area contributed by atoms with Gasteiger partial charge in [-0.1, -0.05) is 18.2 Å². The van der Waals surface area contributed by atoms with Gasteiger partial charge in [0.2, 0.25) is 0 Å². The summed E-state index contributed by atoms with van der Waals surface area (Å²) < 4.78 is 63.3. The Bertz CT molecular complexity index is 1480. The number of nitrogens with zero attached hydrogens (tertiary/aromatic N) is 2. The van der Waals surface area contributed by atoms with Crippen molar-refractivity contribution in [2.45, 2.75) is 24.5 Å². The monoisotopic (exact) mass is 509 g/mol. The Labute approximate surface area is 196 Å². The summed E-state index contributed by atoms with van der Waals surface area (Å²) in [5, 5.41) is 13.9. The number of hydrogen-bond acceptors (Lipinski definition) is 6. The molecule has 0 bridgehead atoms. The third-order valence-electron chi connectivity index (χ3n) is 5.10. The molecule has 1 aromatic heterocycles. The van der Waals surface area contributed by atoms with Crippen LogP contribution in [0.4, 0.5) is 18.9 Å². The Kier molecular flexibility index (Phi) is 6.83. The summed E-state index contributed by atoms with van der Waals surface area (Å²) in [4.78, 5) is 36.6. The zero-order valence-corrected chi connectivity index (χ0v) is 19.1. The molecule has 1 heterocycles. The van der Waals surface area contributed by atoms with Gasteiger partial charge in [0.05, 0.1) is 15.4 Å². The fourth-order valence-corrected chi connectivity index (χ4v) is 3.93. The summed E-state index contributed by atoms with van der Waals surface area (Å²) in [5.41, 5.74) is -3.47. The first-order valence-electron chi connectivity index (χ1n) is 9.86. The van der Waals surface area contributed by atoms with Crippen LogP contribution in [0.1, 0.15) is 27.2 Å². The van der Waals surface area contributed by atoms with Crippen LogP contribution >= 0.6 is 0 Å². The number of pyridine rings is 1. The second-order valence-corrected chi connectivity index (χ2v) is 9.59. The van der Waals surface area contributed by atoms with Crippen molar-refractivity contribution in [1.29, 1.82) is 0 Å². The molecule has 184 valence electrons. The molecule has 0 fully saturated rings. The van der Waals surface area contributed by atoms with Crippen LogP contribution in [0.15, 0.2) is 64.3 Å². The van der Waals surface area contributed by atoms with E-state index in [1.807, 2.05) is 0 Å². The summed E-state index contributed by atoms with van der Waals surface area (Å²) in [6.45, 7) is 1.04. The van der Waals surface area contributed by atoms with Gasteiger partial charge >= 0.3 is 6.18 Å². The summed E-state index contributed by atoms with van der Waals surface area (Å²) in [6.07, 6.45) is -3.69. The summed E-state index contributed by atoms with van der Waals surface area (Å²) >= 11 is 0. The van der Waals surface area contributed by atoms with Crippen LogP contribution in [0.25, 0.3) is 5.69 Å². The van der Waals surface area contributed by atoms with Crippen molar-refractivity contribution in [1.82, 2.24) is 9.88 Å². The highest BCUT2D eigenvalue weighted by Crippen LogP contribution is 2.31. The molecule has 2 aromatic carbocycles. The van der Waals surface area contributed by atoms with Gasteiger partial charge in [-0.15, -0.1) is 0 Å². The van der Waals surface area contributed by atoms with Crippen LogP contribution in [0.2, 0.25) is 0 Å². The van der Waals surface area contributed by atoms with Crippen molar-refractivity contribution >= 4 is 21.4 Å². The molecular weight excluding hydrogens is 491 g/mol. The van der Waals surface area contributed by atoms with Crippen molar-refractivity contribution in [3.05, 3.63) is 97.4 Å². The zero-order valence-electron chi connectivity index (χ0n) is 18.3. The zero-order chi connectivity index (χ0) is 26.1. The van der Waals surface area contributed by atoms with Gasteiger partial charge in [-0.2, -0.15) is 13.2 Å². The number of carbonyl (C=O) groups excluding carboxylic acids is 1. The molecule has 0 spiro atoms. The topological polar surface area (TPSA) is 128 Å². The Hall–Kier alpha value is -4.00. The number of nitro groups is 1. The van der Waals surface area contributed by atoms with Gasteiger partial charge in [-0.3, -0.25) is 24.3 Å². The Morgan fingerprint density at radius 2 is 1.74 bits per heavy atom. The van der Waals surface area contributed by atoms with Crippen LogP contribution in [-0.2, 0) is 22.6 Å². The van der Waals surface area contributed by atoms with Gasteiger partial charge in [0.25, 0.3) is 17.2 Å². The van der Waals surface area contributed by atoms with Gasteiger partial charge in [0.1, 0.15) is 11.3 Å². The van der Waals surface area contributed by atoms with Gasteiger partial charge < -0.3 is 5.32 Å². The molecule has 0 aliphatic carbocycles. The number of amides is 1. The molecule has 1 N–H and O–H groups in total. The molecule has 3 rings (SSSR count). The number of halogens is 3. The smallest absolute Gasteiger partial charge is 0.348 e. The lowest BCUT2D eigenvalue weighted by atomic mass is 10.1. The minimum Gasteiger partial charge on any atom is -0.348 e. The maximum absolute atomic E-state index is 13.2. The van der Waals surface area contributed by atoms with Gasteiger partial charge in [-0.25, -0.2) is 8.42 Å². The predicted octanol–water partition coefficient (Wildman–Crippen LogP) is 3.41. The normalized spacial score (nSPS) is 11.8. The van der Waals surface area contributed by atoms with E-state index in [1.54, 1.807) is 0 Å². The summed E-state index contributed by atoms with van der Waals surface area (Å²) in [6, 6.07) is 9.95. The fourth-order valence-electron chi connectivity index (χ4n) is 3.30. The predicted molar refractivity (Wildman–Crippen MR) is 119 cm³/mol. The first-order chi connectivity index (χ1) is 16.2. The number of sulfone groups is 1. The molecule has 0 saturated heterocycles. The lowest BCUT2D eigenvalue weighted by molar-refractivity contribution is -0.385. The highest BCUT2D eigenvalue weighted by Gasteiger charge is 2.31. The molecule has 13 heteroatoms. The summed E-state index contributed by atoms with van der Waals surface area (Å²) in [5.74, 6) is -0.994. The average molecular weight is 509 g/mol. The van der Waals surface area contributed by atoms with E-state index >= 15 is 0 Å². The van der Waals surface area contributed by atoms with Crippen LogP contribution < -0.4 is 10.9 Å². The number of carbonyl (C=O) groups is 1. The molecular formula is C22H18F3N3O6S. The molecule has 0 radical (unpaired) electrons. The molecule has 0 saturated carbocycles. The lowest BCUT2D eigenvalue weighted by Gasteiger charge is -2.15. The second-order valence-electron chi connectivity index (χ2n) is 7.57. The van der Waals surface area contributed by atoms with E-state index in [0.717, 1.165) is 24.5 Å². The van der Waals surface area contributed by atoms with Gasteiger partial charge in [0.15, 0.2) is 9.84 Å². The third-order valence-corrected chi connectivity index (χ3v) is 6.23. The maximum atomic E-state index is 13.2. The van der Waals surface area contributed by atoms with Crippen molar-refractivity contribution in [2.24, 2.45) is 0 Å². The Balaban J connectivity index is 2.01. The number of alkyl halides is 3. The van der Waals surface area contributed by atoms with E-state index in [-0.39, 0.29) is 22.8 Å². The fraction of sp³-hybridized carbons (Fsp3) is 0.182. The standard InChI is InChI=1S/C22H18F3N3O6S/c1-13-19(28(31)32)11-18(20(29)26-12-14-6-8-17(9-7-14)35(2,33)34)21(30)27(13)16-5-3-4-15(10-16)22(23,24)25/h3-11H,12H2,1-2H3,(H,26,29). The SMILES string of the molecule is Cc1c([N+](=O)[O-])cc(C(=O)NCc2ccc(S(C)(=O)=O)cc2)c(=O)n1-c1cccc(C(F)(F)F)c1. The first kappa shape index (κ1) is 25.6. The van der Waals surface area contributed by atoms with Crippen LogP contribution in [0.5, 0.6) is 0 Å². The Morgan fingerprint density at radius 3 is 2.29 bits per heavy atom. The highest BCUT2D eigenvalue weighted by atomic mass is 32.2. The summed E-state index contributed by atoms with van der Waals surface area (Å²) in [7, 11) is -3.43. The van der Waals surface area contributed by atoms with Crippen molar-refractivity contribution in [3.63, 3.8) is 0 Å². The number of rotatable bonds is 6. The van der Waals surface area contributed by atoms with E-state index in [2.05, 4.69) is 5.32 Å². The van der Waals surface area contributed by atoms with Crippen molar-refractivity contribution in [3.8, 4) is 5.69 Å². The molecule has 35 heavy (non-hydrogen) atoms. The van der Waals surface area contributed by atoms with Crippen LogP contribution in [-0.4, -0.2) is 30.1 Å². The third kappa shape index (κ3) is 5.57. The van der Waals surface area contributed by atoms with E-state index in [9.17, 15) is 41.3 Å². The highest BCUT2D eigenvalue weighted by molar-refractivity contribution is 7.90. The van der Waals surface area contributed by atoms with Crippen molar-refractivity contribution in [2.75, 3.05) is 6.26 Å². The minimum atomic E-state index is -4.72. The lowest BCUT2D eigenvalue weighted by Crippen LogP contribution is -2.33. The Morgan fingerprint density at radius 1 is 1.11 bits per heavy atom. The number of benzene rings is 2. The molecule has 0 atom stereocenters. The molecule has 0 aliphatic heterocycles. The van der Waals surface area contributed by atoms with Gasteiger partial charge in [-0.05, 0) is 42.8 Å². The largest absolute Gasteiger partial charge is 0.416 e. The first-order valence-corrected chi connectivity index (χ1v) is 11.7. The molecule has 0 unspecified atom stereocenters. The van der Waals surface area contributed by atoms with E-state index in [1.165, 1.54) is 37.3 Å². The molecule has 0 aliphatic rings. The average Bonchev–Trinajstić information content (AvgIpc) is 2.76. The van der Waals surface area contributed by atoms with Crippen LogP contribution in [0.3, 0.4) is 0 Å². The van der Waals surface area contributed by atoms with E-state index in [0.29, 0.717) is 16.2 Å². The van der Waals surface area contributed by atoms with Crippen molar-refractivity contribution < 1.29 is 31.3 Å². The molecule has 1 amide bonds. The van der Waals surface area contributed by atoms with Gasteiger partial charge in [0, 0.05) is 24.6 Å².